The van der Waals surface area contributed by atoms with E-state index in [-0.39, 0.29) is 22.5 Å². The van der Waals surface area contributed by atoms with Crippen LogP contribution in [0.15, 0.2) is 30.3 Å². The third kappa shape index (κ3) is 2.91. The lowest BCUT2D eigenvalue weighted by molar-refractivity contribution is -0.179. The second-order valence-corrected chi connectivity index (χ2v) is 15.8. The summed E-state index contributed by atoms with van der Waals surface area (Å²) in [7, 11) is -1.91. The Morgan fingerprint density at radius 2 is 1.81 bits per heavy atom. The maximum absolute atomic E-state index is 12.9. The molecule has 0 saturated heterocycles. The molecule has 4 aliphatic rings. The Morgan fingerprint density at radius 3 is 2.41 bits per heavy atom. The number of nitrogens with two attached hydrogens (primary N) is 1. The van der Waals surface area contributed by atoms with Gasteiger partial charge in [0.2, 0.25) is 5.91 Å². The van der Waals surface area contributed by atoms with E-state index in [1.165, 1.54) is 12.0 Å². The molecule has 0 spiro atoms. The van der Waals surface area contributed by atoms with Crippen LogP contribution in [0, 0.1) is 17.3 Å². The Hall–Kier alpha value is -1.13. The van der Waals surface area contributed by atoms with Crippen LogP contribution in [0.25, 0.3) is 0 Å². The summed E-state index contributed by atoms with van der Waals surface area (Å²) in [6, 6.07) is 10.6. The number of carbonyl (C=O) groups excluding carboxylic acids is 1. The van der Waals surface area contributed by atoms with Gasteiger partial charge in [-0.2, -0.15) is 0 Å². The van der Waals surface area contributed by atoms with Gasteiger partial charge in [0, 0.05) is 5.92 Å². The van der Waals surface area contributed by atoms with Gasteiger partial charge in [-0.05, 0) is 67.6 Å². The van der Waals surface area contributed by atoms with Crippen molar-refractivity contribution < 1.29 is 9.22 Å². The molecule has 1 aromatic rings. The van der Waals surface area contributed by atoms with Gasteiger partial charge in [-0.25, -0.2) is 0 Å². The van der Waals surface area contributed by atoms with Gasteiger partial charge in [-0.3, -0.25) is 4.79 Å². The summed E-state index contributed by atoms with van der Waals surface area (Å²) in [5.41, 5.74) is 6.86. The summed E-state index contributed by atoms with van der Waals surface area (Å²) in [5.74, 6) is 1.23. The van der Waals surface area contributed by atoms with Crippen LogP contribution in [-0.4, -0.2) is 19.8 Å². The highest BCUT2D eigenvalue weighted by molar-refractivity contribution is 6.74. The van der Waals surface area contributed by atoms with Crippen LogP contribution in [0.5, 0.6) is 0 Å². The van der Waals surface area contributed by atoms with E-state index in [1.807, 2.05) is 0 Å². The molecule has 4 heteroatoms. The minimum absolute atomic E-state index is 0.103. The zero-order valence-electron chi connectivity index (χ0n) is 17.5. The summed E-state index contributed by atoms with van der Waals surface area (Å²) < 4.78 is 7.09. The molecule has 4 saturated carbocycles. The predicted molar refractivity (Wildman–Crippen MR) is 112 cm³/mol. The van der Waals surface area contributed by atoms with E-state index in [4.69, 9.17) is 10.2 Å². The number of amides is 1. The van der Waals surface area contributed by atoms with Crippen LogP contribution in [0.3, 0.4) is 0 Å². The lowest BCUT2D eigenvalue weighted by atomic mass is 9.42. The first-order chi connectivity index (χ1) is 12.5. The Morgan fingerprint density at radius 1 is 1.15 bits per heavy atom. The van der Waals surface area contributed by atoms with Crippen molar-refractivity contribution in [2.24, 2.45) is 23.0 Å². The average Bonchev–Trinajstić information content (AvgIpc) is 2.52. The van der Waals surface area contributed by atoms with Gasteiger partial charge in [-0.1, -0.05) is 51.1 Å². The van der Waals surface area contributed by atoms with E-state index >= 15 is 0 Å². The standard InChI is InChI=1S/C23H35NO2Si/c1-21(2,3)27(4,5)26-22-12-16-11-18(14-22)19(17-9-7-6-8-10-17)23(13-16,15-22)20(24)25/h6-10,16,18-19H,11-15H2,1-5H3,(H2,24,25). The molecule has 148 valence electrons. The van der Waals surface area contributed by atoms with E-state index in [2.05, 4.69) is 64.2 Å². The van der Waals surface area contributed by atoms with E-state index in [1.54, 1.807) is 0 Å². The number of hydrogen-bond acceptors (Lipinski definition) is 2. The van der Waals surface area contributed by atoms with E-state index in [0.717, 1.165) is 25.7 Å². The molecule has 0 aliphatic heterocycles. The lowest BCUT2D eigenvalue weighted by Gasteiger charge is -2.66. The smallest absolute Gasteiger partial charge is 0.224 e. The van der Waals surface area contributed by atoms with Crippen LogP contribution in [-0.2, 0) is 9.22 Å². The van der Waals surface area contributed by atoms with Crippen LogP contribution in [0.4, 0.5) is 0 Å². The van der Waals surface area contributed by atoms with Gasteiger partial charge in [0.05, 0.1) is 11.0 Å². The van der Waals surface area contributed by atoms with Crippen molar-refractivity contribution in [2.45, 2.75) is 82.5 Å². The SMILES string of the molecule is CC(C)(C)[Si](C)(C)OC12CC3CC(C1)C(c1ccccc1)C(C(N)=O)(C3)C2. The average molecular weight is 386 g/mol. The van der Waals surface area contributed by atoms with Crippen molar-refractivity contribution in [1.82, 2.24) is 0 Å². The first-order valence-electron chi connectivity index (χ1n) is 10.5. The molecule has 1 aromatic carbocycles. The molecule has 0 radical (unpaired) electrons. The van der Waals surface area contributed by atoms with Crippen molar-refractivity contribution in [3.05, 3.63) is 35.9 Å². The highest BCUT2D eigenvalue weighted by atomic mass is 28.4. The molecule has 5 atom stereocenters. The molecule has 1 amide bonds. The Balaban J connectivity index is 1.74. The number of hydrogen-bond donors (Lipinski definition) is 1. The van der Waals surface area contributed by atoms with Crippen molar-refractivity contribution in [1.29, 1.82) is 0 Å². The largest absolute Gasteiger partial charge is 0.411 e. The quantitative estimate of drug-likeness (QED) is 0.722. The van der Waals surface area contributed by atoms with Gasteiger partial charge in [-0.15, -0.1) is 0 Å². The molecule has 4 aliphatic carbocycles. The van der Waals surface area contributed by atoms with Gasteiger partial charge >= 0.3 is 0 Å². The van der Waals surface area contributed by atoms with Crippen LogP contribution in [0.2, 0.25) is 18.1 Å². The van der Waals surface area contributed by atoms with Crippen molar-refractivity contribution in [2.75, 3.05) is 0 Å². The van der Waals surface area contributed by atoms with Crippen LogP contribution in [0.1, 0.15) is 64.4 Å². The van der Waals surface area contributed by atoms with Crippen LogP contribution < -0.4 is 5.73 Å². The summed E-state index contributed by atoms with van der Waals surface area (Å²) in [5, 5.41) is 0.176. The number of benzene rings is 1. The second-order valence-electron chi connectivity index (χ2n) is 11.1. The highest BCUT2D eigenvalue weighted by Crippen LogP contribution is 2.68. The number of primary amides is 1. The zero-order valence-corrected chi connectivity index (χ0v) is 18.5. The lowest BCUT2D eigenvalue weighted by Crippen LogP contribution is -2.66. The number of carbonyl (C=O) groups is 1. The van der Waals surface area contributed by atoms with Crippen molar-refractivity contribution in [3.63, 3.8) is 0 Å². The summed E-state index contributed by atoms with van der Waals surface area (Å²) >= 11 is 0. The molecule has 5 rings (SSSR count). The molecule has 0 aromatic heterocycles. The molecule has 27 heavy (non-hydrogen) atoms. The van der Waals surface area contributed by atoms with Crippen molar-refractivity contribution in [3.8, 4) is 0 Å². The second kappa shape index (κ2) is 5.93. The Bertz CT molecular complexity index is 740. The van der Waals surface area contributed by atoms with Crippen LogP contribution >= 0.6 is 0 Å². The highest BCUT2D eigenvalue weighted by Gasteiger charge is 2.66. The molecule has 5 unspecified atom stereocenters. The summed E-state index contributed by atoms with van der Waals surface area (Å²) in [4.78, 5) is 12.9. The third-order valence-corrected chi connectivity index (χ3v) is 12.8. The normalized spacial score (nSPS) is 38.2. The minimum Gasteiger partial charge on any atom is -0.411 e. The first-order valence-corrected chi connectivity index (χ1v) is 13.4. The maximum Gasteiger partial charge on any atom is 0.224 e. The van der Waals surface area contributed by atoms with E-state index in [0.29, 0.717) is 11.8 Å². The molecule has 4 fully saturated rings. The molecule has 4 bridgehead atoms. The molecule has 3 nitrogen and oxygen atoms in total. The zero-order chi connectivity index (χ0) is 19.7. The fraction of sp³-hybridized carbons (Fsp3) is 0.696. The minimum atomic E-state index is -1.91. The van der Waals surface area contributed by atoms with Gasteiger partial charge in [0.1, 0.15) is 0 Å². The fourth-order valence-electron chi connectivity index (χ4n) is 6.49. The summed E-state index contributed by atoms with van der Waals surface area (Å²) in [6.07, 6.45) is 5.18. The first kappa shape index (κ1) is 19.2. The van der Waals surface area contributed by atoms with E-state index in [9.17, 15) is 4.79 Å². The predicted octanol–water partition coefficient (Wildman–Crippen LogP) is 5.23. The fourth-order valence-corrected chi connectivity index (χ4v) is 8.12. The monoisotopic (exact) mass is 385 g/mol. The molecule has 0 heterocycles. The third-order valence-electron chi connectivity index (χ3n) is 8.22. The topological polar surface area (TPSA) is 52.3 Å². The van der Waals surface area contributed by atoms with Crippen molar-refractivity contribution >= 4 is 14.2 Å². The molecular formula is C23H35NO2Si. The molecular weight excluding hydrogens is 350 g/mol. The number of rotatable bonds is 4. The van der Waals surface area contributed by atoms with E-state index < -0.39 is 13.7 Å². The molecule has 2 N–H and O–H groups in total. The van der Waals surface area contributed by atoms with Gasteiger partial charge in [0.15, 0.2) is 8.32 Å². The maximum atomic E-state index is 12.9. The van der Waals surface area contributed by atoms with Gasteiger partial charge in [0.25, 0.3) is 0 Å². The van der Waals surface area contributed by atoms with Gasteiger partial charge < -0.3 is 10.2 Å². The Kier molecular flexibility index (Phi) is 4.22. The summed E-state index contributed by atoms with van der Waals surface area (Å²) in [6.45, 7) is 11.6. The Labute approximate surface area is 165 Å².